The van der Waals surface area contributed by atoms with Gasteiger partial charge in [-0.05, 0) is 67.3 Å². The van der Waals surface area contributed by atoms with Gasteiger partial charge in [0.15, 0.2) is 0 Å². The third-order valence-electron chi connectivity index (χ3n) is 8.40. The number of rotatable bonds is 0. The molecule has 0 saturated carbocycles. The highest BCUT2D eigenvalue weighted by molar-refractivity contribution is 9.10. The van der Waals surface area contributed by atoms with Crippen molar-refractivity contribution in [1.29, 1.82) is 0 Å². The minimum absolute atomic E-state index is 0.479. The molecule has 6 aromatic carbocycles. The van der Waals surface area contributed by atoms with Crippen LogP contribution in [0.2, 0.25) is 0 Å². The Labute approximate surface area is 231 Å². The topological polar surface area (TPSA) is 0 Å². The highest BCUT2D eigenvalue weighted by atomic mass is 79.9. The van der Waals surface area contributed by atoms with Crippen LogP contribution in [0.5, 0.6) is 0 Å². The van der Waals surface area contributed by atoms with Crippen molar-refractivity contribution in [3.63, 3.8) is 0 Å². The predicted molar refractivity (Wildman–Crippen MR) is 161 cm³/mol. The van der Waals surface area contributed by atoms with Crippen molar-refractivity contribution in [2.75, 3.05) is 0 Å². The van der Waals surface area contributed by atoms with Gasteiger partial charge in [-0.2, -0.15) is 0 Å². The molecule has 0 nitrogen and oxygen atoms in total. The molecule has 0 fully saturated rings. The second-order valence-corrected chi connectivity index (χ2v) is 11.0. The maximum Gasteiger partial charge on any atom is 0.0725 e. The molecule has 0 unspecified atom stereocenters. The normalized spacial score (nSPS) is 13.6. The summed E-state index contributed by atoms with van der Waals surface area (Å²) < 4.78 is 1.13. The molecule has 8 rings (SSSR count). The van der Waals surface area contributed by atoms with Crippen LogP contribution in [-0.4, -0.2) is 0 Å². The average Bonchev–Trinajstić information content (AvgIpc) is 3.30. The van der Waals surface area contributed by atoms with Gasteiger partial charge in [0.05, 0.1) is 5.41 Å². The van der Waals surface area contributed by atoms with Crippen LogP contribution in [0, 0.1) is 0 Å². The van der Waals surface area contributed by atoms with Gasteiger partial charge in [-0.3, -0.25) is 0 Å². The van der Waals surface area contributed by atoms with Gasteiger partial charge < -0.3 is 0 Å². The van der Waals surface area contributed by atoms with Gasteiger partial charge in [-0.25, -0.2) is 0 Å². The standard InChI is InChI=1S/C37H23Br/c38-35-23-11-22-34-36(35)30-18-7-10-21-33(30)37(34)31-19-8-5-16-28(31)26-14-3-1-12-24(26)25-13-2-4-15-27(25)29-17-6-9-20-32(29)37/h1-23H. The van der Waals surface area contributed by atoms with E-state index in [0.717, 1.165) is 4.47 Å². The molecule has 0 aliphatic heterocycles. The van der Waals surface area contributed by atoms with Crippen molar-refractivity contribution in [3.8, 4) is 44.5 Å². The highest BCUT2D eigenvalue weighted by Crippen LogP contribution is 2.61. The van der Waals surface area contributed by atoms with E-state index in [1.807, 2.05) is 0 Å². The van der Waals surface area contributed by atoms with E-state index in [-0.39, 0.29) is 0 Å². The van der Waals surface area contributed by atoms with Gasteiger partial charge >= 0.3 is 0 Å². The molecule has 6 aromatic rings. The van der Waals surface area contributed by atoms with Crippen molar-refractivity contribution in [3.05, 3.63) is 166 Å². The lowest BCUT2D eigenvalue weighted by Gasteiger charge is -2.36. The lowest BCUT2D eigenvalue weighted by Crippen LogP contribution is -2.30. The van der Waals surface area contributed by atoms with E-state index >= 15 is 0 Å². The van der Waals surface area contributed by atoms with Crippen molar-refractivity contribution in [1.82, 2.24) is 0 Å². The van der Waals surface area contributed by atoms with Crippen LogP contribution >= 0.6 is 15.9 Å². The molecule has 0 radical (unpaired) electrons. The second-order valence-electron chi connectivity index (χ2n) is 10.1. The minimum atomic E-state index is -0.479. The minimum Gasteiger partial charge on any atom is -0.0619 e. The molecule has 0 bridgehead atoms. The van der Waals surface area contributed by atoms with E-state index < -0.39 is 5.41 Å². The van der Waals surface area contributed by atoms with Gasteiger partial charge in [0, 0.05) is 10.0 Å². The molecule has 0 amide bonds. The van der Waals surface area contributed by atoms with E-state index in [1.54, 1.807) is 0 Å². The Kier molecular flexibility index (Phi) is 4.68. The van der Waals surface area contributed by atoms with Gasteiger partial charge in [-0.1, -0.05) is 149 Å². The van der Waals surface area contributed by atoms with E-state index in [9.17, 15) is 0 Å². The fourth-order valence-corrected chi connectivity index (χ4v) is 7.58. The summed E-state index contributed by atoms with van der Waals surface area (Å²) in [7, 11) is 0. The fraction of sp³-hybridized carbons (Fsp3) is 0.0270. The number of hydrogen-bond acceptors (Lipinski definition) is 0. The van der Waals surface area contributed by atoms with Crippen LogP contribution in [0.25, 0.3) is 44.5 Å². The third kappa shape index (κ3) is 2.75. The van der Waals surface area contributed by atoms with Crippen LogP contribution in [0.4, 0.5) is 0 Å². The molecule has 178 valence electrons. The smallest absolute Gasteiger partial charge is 0.0619 e. The summed E-state index contributed by atoms with van der Waals surface area (Å²) in [5.41, 5.74) is 15.0. The summed E-state index contributed by atoms with van der Waals surface area (Å²) >= 11 is 3.95. The molecule has 38 heavy (non-hydrogen) atoms. The first-order chi connectivity index (χ1) is 18.8. The Balaban J connectivity index is 1.68. The largest absolute Gasteiger partial charge is 0.0725 e. The first-order valence-corrected chi connectivity index (χ1v) is 13.9. The third-order valence-corrected chi connectivity index (χ3v) is 9.07. The first kappa shape index (κ1) is 21.8. The van der Waals surface area contributed by atoms with Crippen LogP contribution in [-0.2, 0) is 5.41 Å². The second kappa shape index (κ2) is 8.15. The maximum atomic E-state index is 3.95. The molecular weight excluding hydrogens is 524 g/mol. The molecule has 2 aliphatic rings. The zero-order valence-corrected chi connectivity index (χ0v) is 22.2. The molecule has 0 heterocycles. The molecule has 0 saturated heterocycles. The maximum absolute atomic E-state index is 3.95. The summed E-state index contributed by atoms with van der Waals surface area (Å²) in [5, 5.41) is 0. The van der Waals surface area contributed by atoms with Gasteiger partial charge in [-0.15, -0.1) is 0 Å². The van der Waals surface area contributed by atoms with Crippen LogP contribution in [0.15, 0.2) is 144 Å². The molecule has 2 aliphatic carbocycles. The zero-order chi connectivity index (χ0) is 25.3. The van der Waals surface area contributed by atoms with Crippen molar-refractivity contribution < 1.29 is 0 Å². The van der Waals surface area contributed by atoms with Crippen LogP contribution in [0.3, 0.4) is 0 Å². The molecular formula is C37H23Br. The molecule has 0 aromatic heterocycles. The van der Waals surface area contributed by atoms with E-state index in [1.165, 1.54) is 66.8 Å². The Bertz CT molecular complexity index is 1800. The highest BCUT2D eigenvalue weighted by Gasteiger charge is 2.49. The Morgan fingerprint density at radius 3 is 1.16 bits per heavy atom. The Morgan fingerprint density at radius 2 is 0.658 bits per heavy atom. The van der Waals surface area contributed by atoms with Crippen LogP contribution in [0.1, 0.15) is 22.3 Å². The number of hydrogen-bond donors (Lipinski definition) is 0. The zero-order valence-electron chi connectivity index (χ0n) is 20.7. The van der Waals surface area contributed by atoms with E-state index in [0.29, 0.717) is 0 Å². The van der Waals surface area contributed by atoms with E-state index in [4.69, 9.17) is 0 Å². The average molecular weight is 547 g/mol. The summed E-state index contributed by atoms with van der Waals surface area (Å²) in [4.78, 5) is 0. The Hall–Kier alpha value is -4.20. The SMILES string of the molecule is Brc1cccc2c1-c1ccccc1C21c2ccccc2-c2ccccc2-c2ccccc2-c2ccccc21. The predicted octanol–water partition coefficient (Wildman–Crippen LogP) is 10.1. The van der Waals surface area contributed by atoms with Crippen molar-refractivity contribution in [2.24, 2.45) is 0 Å². The van der Waals surface area contributed by atoms with Crippen molar-refractivity contribution in [2.45, 2.75) is 5.41 Å². The summed E-state index contributed by atoms with van der Waals surface area (Å²) in [6, 6.07) is 51.6. The summed E-state index contributed by atoms with van der Waals surface area (Å²) in [6.45, 7) is 0. The van der Waals surface area contributed by atoms with Gasteiger partial charge in [0.1, 0.15) is 0 Å². The van der Waals surface area contributed by atoms with Gasteiger partial charge in [0.25, 0.3) is 0 Å². The number of fused-ring (bicyclic) bond motifs is 14. The van der Waals surface area contributed by atoms with Gasteiger partial charge in [0.2, 0.25) is 0 Å². The Morgan fingerprint density at radius 1 is 0.316 bits per heavy atom. The summed E-state index contributed by atoms with van der Waals surface area (Å²) in [5.74, 6) is 0. The number of halogens is 1. The first-order valence-electron chi connectivity index (χ1n) is 13.1. The fourth-order valence-electron chi connectivity index (χ4n) is 7.00. The van der Waals surface area contributed by atoms with E-state index in [2.05, 4.69) is 155 Å². The van der Waals surface area contributed by atoms with Crippen LogP contribution < -0.4 is 0 Å². The lowest BCUT2D eigenvalue weighted by atomic mass is 9.64. The quantitative estimate of drug-likeness (QED) is 0.177. The van der Waals surface area contributed by atoms with Crippen molar-refractivity contribution >= 4 is 15.9 Å². The molecule has 1 spiro atoms. The molecule has 0 N–H and O–H groups in total. The summed E-state index contributed by atoms with van der Waals surface area (Å²) in [6.07, 6.45) is 0. The molecule has 1 heteroatoms. The number of benzene rings is 6. The lowest BCUT2D eigenvalue weighted by molar-refractivity contribution is 0.773. The monoisotopic (exact) mass is 546 g/mol. The molecule has 0 atom stereocenters.